The number of halogens is 1. The highest BCUT2D eigenvalue weighted by Crippen LogP contribution is 2.30. The van der Waals surface area contributed by atoms with Gasteiger partial charge >= 0.3 is 0 Å². The Morgan fingerprint density at radius 1 is 1.19 bits per heavy atom. The number of carbonyl (C=O) groups is 1. The van der Waals surface area contributed by atoms with Crippen LogP contribution < -0.4 is 16.2 Å². The van der Waals surface area contributed by atoms with Crippen molar-refractivity contribution in [2.45, 2.75) is 25.4 Å². The number of rotatable bonds is 6. The Morgan fingerprint density at radius 3 is 2.77 bits per heavy atom. The Hall–Kier alpha value is -3.52. The quantitative estimate of drug-likeness (QED) is 0.422. The molecule has 0 aliphatic heterocycles. The summed E-state index contributed by atoms with van der Waals surface area (Å²) in [4.78, 5) is 33.0. The van der Waals surface area contributed by atoms with Crippen LogP contribution in [-0.4, -0.2) is 21.9 Å². The van der Waals surface area contributed by atoms with E-state index in [1.807, 2.05) is 17.5 Å². The van der Waals surface area contributed by atoms with Gasteiger partial charge in [-0.15, -0.1) is 11.3 Å². The summed E-state index contributed by atoms with van der Waals surface area (Å²) in [6.07, 6.45) is 2.08. The average molecular weight is 434 g/mol. The molecule has 1 saturated carbocycles. The van der Waals surface area contributed by atoms with Crippen molar-refractivity contribution in [2.75, 3.05) is 5.32 Å². The molecular formula is C23H19FN4O2S. The third-order valence-electron chi connectivity index (χ3n) is 5.15. The molecule has 1 fully saturated rings. The smallest absolute Gasteiger partial charge is 0.260 e. The van der Waals surface area contributed by atoms with Gasteiger partial charge in [0, 0.05) is 28.2 Å². The molecule has 0 spiro atoms. The predicted molar refractivity (Wildman–Crippen MR) is 120 cm³/mol. The normalized spacial score (nSPS) is 13.3. The molecule has 6 nitrogen and oxygen atoms in total. The van der Waals surface area contributed by atoms with Crippen molar-refractivity contribution >= 4 is 33.1 Å². The standard InChI is InChI=1S/C23H19FN4O2S/c24-15-6-4-13(5-7-15)18-12-31-23-20(18)22(30)27-19(28-23)11-25-17-3-1-2-14(10-17)21(29)26-16-8-9-16/h1-7,10,12,16,25H,8-9,11H2,(H,26,29)(H,27,28,30). The van der Waals surface area contributed by atoms with E-state index in [0.717, 1.165) is 29.7 Å². The maximum atomic E-state index is 13.2. The van der Waals surface area contributed by atoms with Crippen molar-refractivity contribution in [1.29, 1.82) is 0 Å². The van der Waals surface area contributed by atoms with Gasteiger partial charge in [0.05, 0.1) is 11.9 Å². The van der Waals surface area contributed by atoms with E-state index in [0.29, 0.717) is 34.2 Å². The number of benzene rings is 2. The molecule has 0 atom stereocenters. The van der Waals surface area contributed by atoms with E-state index >= 15 is 0 Å². The molecule has 8 heteroatoms. The number of anilines is 1. The number of carbonyl (C=O) groups excluding carboxylic acids is 1. The number of aromatic nitrogens is 2. The summed E-state index contributed by atoms with van der Waals surface area (Å²) in [7, 11) is 0. The summed E-state index contributed by atoms with van der Waals surface area (Å²) < 4.78 is 13.2. The van der Waals surface area contributed by atoms with Gasteiger partial charge in [0.1, 0.15) is 16.5 Å². The molecule has 0 radical (unpaired) electrons. The van der Waals surface area contributed by atoms with Gasteiger partial charge in [0.2, 0.25) is 0 Å². The first-order valence-corrected chi connectivity index (χ1v) is 10.9. The lowest BCUT2D eigenvalue weighted by Crippen LogP contribution is -2.25. The summed E-state index contributed by atoms with van der Waals surface area (Å²) in [6.45, 7) is 0.308. The van der Waals surface area contributed by atoms with Crippen molar-refractivity contribution in [3.8, 4) is 11.1 Å². The number of fused-ring (bicyclic) bond motifs is 1. The van der Waals surface area contributed by atoms with Crippen LogP contribution in [-0.2, 0) is 6.54 Å². The Labute approximate surface area is 181 Å². The van der Waals surface area contributed by atoms with Crippen LogP contribution in [0.3, 0.4) is 0 Å². The van der Waals surface area contributed by atoms with Crippen LogP contribution >= 0.6 is 11.3 Å². The van der Waals surface area contributed by atoms with E-state index in [2.05, 4.69) is 20.6 Å². The first-order valence-electron chi connectivity index (χ1n) is 9.98. The van der Waals surface area contributed by atoms with E-state index in [1.54, 1.807) is 24.3 Å². The number of thiophene rings is 1. The molecule has 1 aliphatic carbocycles. The van der Waals surface area contributed by atoms with Crippen molar-refractivity contribution < 1.29 is 9.18 Å². The molecule has 2 aromatic carbocycles. The molecule has 2 aromatic heterocycles. The lowest BCUT2D eigenvalue weighted by atomic mass is 10.1. The van der Waals surface area contributed by atoms with Crippen LogP contribution in [0, 0.1) is 5.82 Å². The molecule has 5 rings (SSSR count). The summed E-state index contributed by atoms with van der Waals surface area (Å²) in [5.74, 6) is 0.0987. The van der Waals surface area contributed by atoms with Crippen LogP contribution in [0.5, 0.6) is 0 Å². The lowest BCUT2D eigenvalue weighted by Gasteiger charge is -2.09. The van der Waals surface area contributed by atoms with Gasteiger partial charge in [-0.05, 0) is 48.7 Å². The maximum absolute atomic E-state index is 13.2. The molecule has 1 aliphatic rings. The average Bonchev–Trinajstić information content (AvgIpc) is 3.48. The van der Waals surface area contributed by atoms with Crippen LogP contribution in [0.25, 0.3) is 21.3 Å². The van der Waals surface area contributed by atoms with Gasteiger partial charge in [-0.1, -0.05) is 18.2 Å². The summed E-state index contributed by atoms with van der Waals surface area (Å²) in [6, 6.07) is 13.6. The largest absolute Gasteiger partial charge is 0.378 e. The predicted octanol–water partition coefficient (Wildman–Crippen LogP) is 4.30. The molecule has 31 heavy (non-hydrogen) atoms. The third-order valence-corrected chi connectivity index (χ3v) is 6.02. The van der Waals surface area contributed by atoms with Crippen LogP contribution in [0.1, 0.15) is 29.0 Å². The first kappa shape index (κ1) is 19.4. The van der Waals surface area contributed by atoms with Gasteiger partial charge in [0.15, 0.2) is 0 Å². The highest BCUT2D eigenvalue weighted by atomic mass is 32.1. The summed E-state index contributed by atoms with van der Waals surface area (Å²) in [5.41, 5.74) is 2.63. The van der Waals surface area contributed by atoms with E-state index in [1.165, 1.54) is 23.5 Å². The SMILES string of the molecule is O=C(NC1CC1)c1cccc(NCc2nc3scc(-c4ccc(F)cc4)c3c(=O)[nH]2)c1. The van der Waals surface area contributed by atoms with Gasteiger partial charge in [-0.2, -0.15) is 0 Å². The number of amides is 1. The zero-order valence-electron chi connectivity index (χ0n) is 16.4. The molecule has 4 aromatic rings. The zero-order valence-corrected chi connectivity index (χ0v) is 17.3. The van der Waals surface area contributed by atoms with Gasteiger partial charge < -0.3 is 15.6 Å². The van der Waals surface area contributed by atoms with E-state index in [4.69, 9.17) is 0 Å². The van der Waals surface area contributed by atoms with E-state index in [9.17, 15) is 14.0 Å². The summed E-state index contributed by atoms with van der Waals surface area (Å²) in [5, 5.41) is 8.54. The van der Waals surface area contributed by atoms with Crippen LogP contribution in [0.4, 0.5) is 10.1 Å². The second kappa shape index (κ2) is 7.96. The minimum atomic E-state index is -0.322. The van der Waals surface area contributed by atoms with Gasteiger partial charge in [-0.25, -0.2) is 9.37 Å². The zero-order chi connectivity index (χ0) is 21.4. The van der Waals surface area contributed by atoms with Gasteiger partial charge in [0.25, 0.3) is 11.5 Å². The van der Waals surface area contributed by atoms with Crippen LogP contribution in [0.2, 0.25) is 0 Å². The molecule has 0 unspecified atom stereocenters. The molecular weight excluding hydrogens is 415 g/mol. The fourth-order valence-electron chi connectivity index (χ4n) is 3.37. The fourth-order valence-corrected chi connectivity index (χ4v) is 4.34. The van der Waals surface area contributed by atoms with Crippen molar-refractivity contribution in [1.82, 2.24) is 15.3 Å². The molecule has 2 heterocycles. The fraction of sp³-hybridized carbons (Fsp3) is 0.174. The lowest BCUT2D eigenvalue weighted by molar-refractivity contribution is 0.0951. The monoisotopic (exact) mass is 434 g/mol. The highest BCUT2D eigenvalue weighted by molar-refractivity contribution is 7.17. The molecule has 0 bridgehead atoms. The second-order valence-corrected chi connectivity index (χ2v) is 8.39. The molecule has 1 amide bonds. The number of nitrogens with zero attached hydrogens (tertiary/aromatic N) is 1. The second-order valence-electron chi connectivity index (χ2n) is 7.53. The van der Waals surface area contributed by atoms with Gasteiger partial charge in [-0.3, -0.25) is 9.59 Å². The molecule has 3 N–H and O–H groups in total. The van der Waals surface area contributed by atoms with Crippen molar-refractivity contribution in [2.24, 2.45) is 0 Å². The number of H-pyrrole nitrogens is 1. The molecule has 0 saturated heterocycles. The highest BCUT2D eigenvalue weighted by Gasteiger charge is 2.23. The Morgan fingerprint density at radius 2 is 2.00 bits per heavy atom. The topological polar surface area (TPSA) is 86.9 Å². The number of hydrogen-bond donors (Lipinski definition) is 3. The molecule has 156 valence electrons. The van der Waals surface area contributed by atoms with Crippen LogP contribution in [0.15, 0.2) is 58.7 Å². The Bertz CT molecular complexity index is 1330. The number of nitrogens with one attached hydrogen (secondary N) is 3. The van der Waals surface area contributed by atoms with E-state index in [-0.39, 0.29) is 17.3 Å². The number of aromatic amines is 1. The van der Waals surface area contributed by atoms with E-state index < -0.39 is 0 Å². The number of hydrogen-bond acceptors (Lipinski definition) is 5. The Kier molecular flexibility index (Phi) is 4.99. The first-order chi connectivity index (χ1) is 15.1. The summed E-state index contributed by atoms with van der Waals surface area (Å²) >= 11 is 1.38. The van der Waals surface area contributed by atoms with Crippen molar-refractivity contribution in [3.05, 3.63) is 81.5 Å². The third kappa shape index (κ3) is 4.20. The Balaban J connectivity index is 1.35. The van der Waals surface area contributed by atoms with Crippen molar-refractivity contribution in [3.63, 3.8) is 0 Å². The minimum Gasteiger partial charge on any atom is -0.378 e. The minimum absolute atomic E-state index is 0.0778. The maximum Gasteiger partial charge on any atom is 0.260 e.